The van der Waals surface area contributed by atoms with Crippen molar-refractivity contribution < 1.29 is 14.3 Å². The SMILES string of the molecule is C=CCC1(C(=O)OCc2ccccc2)CCCCCC1=O. The molecule has 0 saturated heterocycles. The Morgan fingerprint density at radius 2 is 2.00 bits per heavy atom. The van der Waals surface area contributed by atoms with Gasteiger partial charge in [-0.15, -0.1) is 6.58 Å². The molecule has 1 aliphatic rings. The summed E-state index contributed by atoms with van der Waals surface area (Å²) in [7, 11) is 0. The molecule has 3 nitrogen and oxygen atoms in total. The van der Waals surface area contributed by atoms with Gasteiger partial charge < -0.3 is 4.74 Å². The zero-order valence-corrected chi connectivity index (χ0v) is 12.3. The van der Waals surface area contributed by atoms with Gasteiger partial charge in [0.15, 0.2) is 0 Å². The van der Waals surface area contributed by atoms with E-state index in [0.717, 1.165) is 24.8 Å². The van der Waals surface area contributed by atoms with Crippen LogP contribution < -0.4 is 0 Å². The molecule has 0 spiro atoms. The van der Waals surface area contributed by atoms with Crippen LogP contribution in [0.5, 0.6) is 0 Å². The van der Waals surface area contributed by atoms with Gasteiger partial charge in [0.1, 0.15) is 17.8 Å². The fourth-order valence-electron chi connectivity index (χ4n) is 2.89. The highest BCUT2D eigenvalue weighted by molar-refractivity contribution is 6.04. The Bertz CT molecular complexity index is 506. The van der Waals surface area contributed by atoms with Gasteiger partial charge in [0, 0.05) is 6.42 Å². The highest BCUT2D eigenvalue weighted by Gasteiger charge is 2.45. The predicted octanol–water partition coefficient (Wildman–Crippen LogP) is 3.83. The zero-order chi connectivity index (χ0) is 15.1. The summed E-state index contributed by atoms with van der Waals surface area (Å²) < 4.78 is 5.44. The van der Waals surface area contributed by atoms with Crippen LogP contribution in [0.25, 0.3) is 0 Å². The van der Waals surface area contributed by atoms with Crippen molar-refractivity contribution in [1.82, 2.24) is 0 Å². The molecule has 0 aliphatic heterocycles. The zero-order valence-electron chi connectivity index (χ0n) is 12.3. The van der Waals surface area contributed by atoms with Gasteiger partial charge in [-0.3, -0.25) is 9.59 Å². The lowest BCUT2D eigenvalue weighted by Crippen LogP contribution is -2.39. The molecule has 0 heterocycles. The lowest BCUT2D eigenvalue weighted by atomic mass is 9.76. The van der Waals surface area contributed by atoms with Crippen LogP contribution in [-0.4, -0.2) is 11.8 Å². The summed E-state index contributed by atoms with van der Waals surface area (Å²) in [5.74, 6) is -0.379. The molecule has 112 valence electrons. The van der Waals surface area contributed by atoms with Crippen molar-refractivity contribution >= 4 is 11.8 Å². The Hall–Kier alpha value is -1.90. The van der Waals surface area contributed by atoms with Crippen molar-refractivity contribution in [2.45, 2.75) is 45.1 Å². The van der Waals surface area contributed by atoms with Crippen LogP contribution in [-0.2, 0) is 20.9 Å². The minimum Gasteiger partial charge on any atom is -0.460 e. The normalized spacial score (nSPS) is 22.4. The largest absolute Gasteiger partial charge is 0.460 e. The topological polar surface area (TPSA) is 43.4 Å². The molecular formula is C18H22O3. The summed E-state index contributed by atoms with van der Waals surface area (Å²) in [5.41, 5.74) is -0.0757. The molecule has 2 rings (SSSR count). The van der Waals surface area contributed by atoms with Gasteiger partial charge >= 0.3 is 5.97 Å². The molecular weight excluding hydrogens is 264 g/mol. The van der Waals surface area contributed by atoms with Crippen molar-refractivity contribution in [3.05, 3.63) is 48.6 Å². The second-order valence-electron chi connectivity index (χ2n) is 5.62. The van der Waals surface area contributed by atoms with E-state index in [9.17, 15) is 9.59 Å². The second kappa shape index (κ2) is 7.21. The van der Waals surface area contributed by atoms with Crippen LogP contribution in [0, 0.1) is 5.41 Å². The lowest BCUT2D eigenvalue weighted by molar-refractivity contribution is -0.162. The number of allylic oxidation sites excluding steroid dienone is 1. The second-order valence-corrected chi connectivity index (χ2v) is 5.62. The summed E-state index contributed by atoms with van der Waals surface area (Å²) in [6.45, 7) is 3.92. The van der Waals surface area contributed by atoms with Crippen LogP contribution in [0.2, 0.25) is 0 Å². The molecule has 1 aliphatic carbocycles. The molecule has 1 saturated carbocycles. The van der Waals surface area contributed by atoms with Crippen LogP contribution in [0.4, 0.5) is 0 Å². The van der Waals surface area contributed by atoms with E-state index < -0.39 is 11.4 Å². The molecule has 0 amide bonds. The van der Waals surface area contributed by atoms with E-state index >= 15 is 0 Å². The third kappa shape index (κ3) is 3.60. The van der Waals surface area contributed by atoms with Crippen molar-refractivity contribution in [3.8, 4) is 0 Å². The van der Waals surface area contributed by atoms with Crippen LogP contribution >= 0.6 is 0 Å². The van der Waals surface area contributed by atoms with E-state index in [2.05, 4.69) is 6.58 Å². The van der Waals surface area contributed by atoms with Gasteiger partial charge in [0.2, 0.25) is 0 Å². The monoisotopic (exact) mass is 286 g/mol. The third-order valence-corrected chi connectivity index (χ3v) is 4.14. The number of ether oxygens (including phenoxy) is 1. The number of hydrogen-bond donors (Lipinski definition) is 0. The quantitative estimate of drug-likeness (QED) is 0.357. The summed E-state index contributed by atoms with van der Waals surface area (Å²) in [5, 5.41) is 0. The predicted molar refractivity (Wildman–Crippen MR) is 81.6 cm³/mol. The van der Waals surface area contributed by atoms with E-state index in [1.54, 1.807) is 6.08 Å². The number of benzene rings is 1. The Labute approximate surface area is 126 Å². The number of ketones is 1. The molecule has 1 atom stereocenters. The molecule has 1 unspecified atom stereocenters. The Kier molecular flexibility index (Phi) is 5.32. The number of hydrogen-bond acceptors (Lipinski definition) is 3. The number of esters is 1. The first kappa shape index (κ1) is 15.5. The first-order chi connectivity index (χ1) is 10.2. The van der Waals surface area contributed by atoms with E-state index in [1.165, 1.54) is 0 Å². The highest BCUT2D eigenvalue weighted by Crippen LogP contribution is 2.37. The molecule has 0 radical (unpaired) electrons. The maximum atomic E-state index is 12.6. The van der Waals surface area contributed by atoms with Crippen LogP contribution in [0.1, 0.15) is 44.1 Å². The first-order valence-electron chi connectivity index (χ1n) is 7.54. The van der Waals surface area contributed by atoms with Crippen molar-refractivity contribution in [3.63, 3.8) is 0 Å². The molecule has 0 N–H and O–H groups in total. The fourth-order valence-corrected chi connectivity index (χ4v) is 2.89. The first-order valence-corrected chi connectivity index (χ1v) is 7.54. The molecule has 21 heavy (non-hydrogen) atoms. The molecule has 1 fully saturated rings. The van der Waals surface area contributed by atoms with Crippen molar-refractivity contribution in [2.24, 2.45) is 5.41 Å². The summed E-state index contributed by atoms with van der Waals surface area (Å²) in [6, 6.07) is 9.53. The molecule has 1 aromatic carbocycles. The van der Waals surface area contributed by atoms with Crippen LogP contribution in [0.3, 0.4) is 0 Å². The molecule has 0 aromatic heterocycles. The minimum absolute atomic E-state index is 0.0120. The summed E-state index contributed by atoms with van der Waals surface area (Å²) >= 11 is 0. The maximum Gasteiger partial charge on any atom is 0.320 e. The smallest absolute Gasteiger partial charge is 0.320 e. The maximum absolute atomic E-state index is 12.6. The summed E-state index contributed by atoms with van der Waals surface area (Å²) in [4.78, 5) is 25.0. The van der Waals surface area contributed by atoms with Crippen molar-refractivity contribution in [2.75, 3.05) is 0 Å². The average Bonchev–Trinajstić information content (AvgIpc) is 2.69. The minimum atomic E-state index is -1.01. The Morgan fingerprint density at radius 3 is 2.71 bits per heavy atom. The van der Waals surface area contributed by atoms with Gasteiger partial charge in [0.25, 0.3) is 0 Å². The van der Waals surface area contributed by atoms with Gasteiger partial charge in [0.05, 0.1) is 0 Å². The number of Topliss-reactive ketones (excluding diaryl/α,β-unsaturated/α-hetero) is 1. The van der Waals surface area contributed by atoms with Gasteiger partial charge in [-0.25, -0.2) is 0 Å². The molecule has 0 bridgehead atoms. The van der Waals surface area contributed by atoms with Gasteiger partial charge in [-0.05, 0) is 24.8 Å². The standard InChI is InChI=1S/C18H22O3/c1-2-12-18(13-8-4-7-11-16(18)19)17(20)21-14-15-9-5-3-6-10-15/h2-3,5-6,9-10H,1,4,7-8,11-14H2. The van der Waals surface area contributed by atoms with E-state index in [-0.39, 0.29) is 12.4 Å². The Morgan fingerprint density at radius 1 is 1.24 bits per heavy atom. The summed E-state index contributed by atoms with van der Waals surface area (Å²) in [6.07, 6.45) is 5.83. The highest BCUT2D eigenvalue weighted by atomic mass is 16.5. The number of carbonyl (C=O) groups is 2. The Balaban J connectivity index is 2.11. The third-order valence-electron chi connectivity index (χ3n) is 4.14. The fraction of sp³-hybridized carbons (Fsp3) is 0.444. The number of rotatable bonds is 5. The van der Waals surface area contributed by atoms with Gasteiger partial charge in [-0.1, -0.05) is 49.2 Å². The van der Waals surface area contributed by atoms with E-state index in [1.807, 2.05) is 30.3 Å². The molecule has 3 heteroatoms. The number of carbonyl (C=O) groups excluding carboxylic acids is 2. The average molecular weight is 286 g/mol. The van der Waals surface area contributed by atoms with E-state index in [0.29, 0.717) is 19.3 Å². The van der Waals surface area contributed by atoms with Crippen molar-refractivity contribution in [1.29, 1.82) is 0 Å². The van der Waals surface area contributed by atoms with Gasteiger partial charge in [-0.2, -0.15) is 0 Å². The lowest BCUT2D eigenvalue weighted by Gasteiger charge is -2.27. The van der Waals surface area contributed by atoms with Crippen LogP contribution in [0.15, 0.2) is 43.0 Å². The molecule has 1 aromatic rings. The van der Waals surface area contributed by atoms with E-state index in [4.69, 9.17) is 4.74 Å².